The minimum Gasteiger partial charge on any atom is -0.310 e. The van der Waals surface area contributed by atoms with Crippen molar-refractivity contribution >= 4 is 44.9 Å². The minimum atomic E-state index is -0.168. The molecule has 0 saturated carbocycles. The summed E-state index contributed by atoms with van der Waals surface area (Å²) in [5.41, 5.74) is 11.1. The lowest BCUT2D eigenvalue weighted by Gasteiger charge is -2.41. The van der Waals surface area contributed by atoms with E-state index in [1.165, 1.54) is 55.0 Å². The van der Waals surface area contributed by atoms with Gasteiger partial charge in [0.25, 0.3) is 0 Å². The molecule has 0 radical (unpaired) electrons. The van der Waals surface area contributed by atoms with Gasteiger partial charge in [0.15, 0.2) is 0 Å². The van der Waals surface area contributed by atoms with Crippen molar-refractivity contribution < 1.29 is 0 Å². The zero-order valence-corrected chi connectivity index (χ0v) is 17.5. The van der Waals surface area contributed by atoms with Crippen LogP contribution in [0.1, 0.15) is 30.5 Å². The van der Waals surface area contributed by atoms with Gasteiger partial charge in [0.1, 0.15) is 0 Å². The maximum atomic E-state index is 9.56. The quantitative estimate of drug-likeness (QED) is 0.356. The van der Waals surface area contributed by atoms with Crippen LogP contribution in [0.2, 0.25) is 0 Å². The van der Waals surface area contributed by atoms with Gasteiger partial charge in [-0.15, -0.1) is 0 Å². The molecule has 0 bridgehead atoms. The van der Waals surface area contributed by atoms with Crippen LogP contribution in [0.25, 0.3) is 27.5 Å². The van der Waals surface area contributed by atoms with Crippen molar-refractivity contribution in [2.24, 2.45) is 0 Å². The zero-order chi connectivity index (χ0) is 20.9. The highest BCUT2D eigenvalue weighted by Crippen LogP contribution is 2.39. The molecule has 0 atom stereocenters. The second kappa shape index (κ2) is 5.48. The molecule has 2 nitrogen and oxygen atoms in total. The van der Waals surface area contributed by atoms with Crippen LogP contribution in [0.3, 0.4) is 0 Å². The first kappa shape index (κ1) is 17.0. The molecule has 2 aliphatic heterocycles. The van der Waals surface area contributed by atoms with Gasteiger partial charge < -0.3 is 4.57 Å². The highest BCUT2D eigenvalue weighted by Gasteiger charge is 2.44. The minimum absolute atomic E-state index is 0.168. The number of benzene rings is 4. The molecule has 4 aromatic carbocycles. The molecule has 0 unspecified atom stereocenters. The van der Waals surface area contributed by atoms with Gasteiger partial charge in [0, 0.05) is 27.4 Å². The lowest BCUT2D eigenvalue weighted by molar-refractivity contribution is 0.645. The number of hydrogen-bond acceptors (Lipinski definition) is 1. The average Bonchev–Trinajstić information content (AvgIpc) is 3.14. The van der Waals surface area contributed by atoms with Crippen molar-refractivity contribution in [1.29, 1.82) is 5.26 Å². The number of fused-ring (bicyclic) bond motifs is 7. The van der Waals surface area contributed by atoms with Crippen LogP contribution in [-0.2, 0) is 5.41 Å². The molecule has 3 heterocycles. The van der Waals surface area contributed by atoms with E-state index in [1.807, 2.05) is 6.07 Å². The smallest absolute Gasteiger partial charge is 0.247 e. The Morgan fingerprint density at radius 1 is 0.806 bits per heavy atom. The monoisotopic (exact) mass is 394 g/mol. The molecule has 0 fully saturated rings. The van der Waals surface area contributed by atoms with Crippen LogP contribution in [0.5, 0.6) is 0 Å². The van der Waals surface area contributed by atoms with Crippen LogP contribution >= 0.6 is 0 Å². The first-order valence-electron chi connectivity index (χ1n) is 10.8. The Labute approximate surface area is 181 Å². The summed E-state index contributed by atoms with van der Waals surface area (Å²) in [6.07, 6.45) is 0. The first-order chi connectivity index (χ1) is 15.1. The topological polar surface area (TPSA) is 28.7 Å². The van der Waals surface area contributed by atoms with Crippen LogP contribution in [0.15, 0.2) is 78.9 Å². The van der Waals surface area contributed by atoms with Gasteiger partial charge in [0.05, 0.1) is 17.1 Å². The molecule has 0 amide bonds. The van der Waals surface area contributed by atoms with Crippen molar-refractivity contribution in [3.63, 3.8) is 0 Å². The van der Waals surface area contributed by atoms with Gasteiger partial charge in [-0.1, -0.05) is 73.9 Å². The van der Waals surface area contributed by atoms with Gasteiger partial charge in [-0.05, 0) is 46.3 Å². The Morgan fingerprint density at radius 3 is 2.48 bits per heavy atom. The molecular weight excluding hydrogens is 375 g/mol. The largest absolute Gasteiger partial charge is 0.310 e. The molecule has 0 spiro atoms. The van der Waals surface area contributed by atoms with E-state index in [0.29, 0.717) is 0 Å². The molecule has 3 heteroatoms. The average molecular weight is 394 g/mol. The Kier molecular flexibility index (Phi) is 3.00. The van der Waals surface area contributed by atoms with E-state index in [2.05, 4.69) is 97.3 Å². The molecule has 7 rings (SSSR count). The first-order valence-corrected chi connectivity index (χ1v) is 10.8. The standard InChI is InChI=1S/C28H19BN2/c1-28(2)20-9-6-12-25-26(20)29(22-14-13-17(16-30)15-21(22)28)23-10-5-8-19-18-7-3-4-11-24(18)31(25)27(19)23/h3-15H,1-2H3. The summed E-state index contributed by atoms with van der Waals surface area (Å²) in [5, 5.41) is 12.2. The van der Waals surface area contributed by atoms with E-state index < -0.39 is 0 Å². The van der Waals surface area contributed by atoms with Crippen molar-refractivity contribution in [3.8, 4) is 11.8 Å². The van der Waals surface area contributed by atoms with Crippen LogP contribution in [0, 0.1) is 11.3 Å². The fraction of sp³-hybridized carbons (Fsp3) is 0.107. The van der Waals surface area contributed by atoms with E-state index in [1.54, 1.807) is 0 Å². The van der Waals surface area contributed by atoms with E-state index >= 15 is 0 Å². The van der Waals surface area contributed by atoms with Crippen LogP contribution < -0.4 is 16.4 Å². The maximum Gasteiger partial charge on any atom is 0.247 e. The second-order valence-electron chi connectivity index (χ2n) is 9.31. The van der Waals surface area contributed by atoms with Crippen molar-refractivity contribution in [2.45, 2.75) is 19.3 Å². The van der Waals surface area contributed by atoms with Gasteiger partial charge in [-0.25, -0.2) is 0 Å². The number of aromatic nitrogens is 1. The SMILES string of the molecule is CC1(C)c2cc(C#N)ccc2B2c3c(cccc31)-n1c3ccccc3c3cccc2c31. The lowest BCUT2D eigenvalue weighted by atomic mass is 9.30. The fourth-order valence-corrected chi connectivity index (χ4v) is 6.17. The second-order valence-corrected chi connectivity index (χ2v) is 9.31. The normalized spacial score (nSPS) is 14.9. The third-order valence-corrected chi connectivity index (χ3v) is 7.49. The van der Waals surface area contributed by atoms with Crippen molar-refractivity contribution in [3.05, 3.63) is 95.6 Å². The summed E-state index contributed by atoms with van der Waals surface area (Å²) in [5.74, 6) is 0. The van der Waals surface area contributed by atoms with E-state index in [9.17, 15) is 5.26 Å². The molecule has 0 aliphatic carbocycles. The number of hydrogen-bond donors (Lipinski definition) is 0. The molecule has 31 heavy (non-hydrogen) atoms. The summed E-state index contributed by atoms with van der Waals surface area (Å²) < 4.78 is 2.47. The highest BCUT2D eigenvalue weighted by atomic mass is 15.0. The third kappa shape index (κ3) is 1.89. The maximum absolute atomic E-state index is 9.56. The molecule has 2 aliphatic rings. The zero-order valence-electron chi connectivity index (χ0n) is 17.5. The lowest BCUT2D eigenvalue weighted by Crippen LogP contribution is -2.63. The summed E-state index contributed by atoms with van der Waals surface area (Å²) >= 11 is 0. The Balaban J connectivity index is 1.73. The molecular formula is C28H19BN2. The van der Waals surface area contributed by atoms with Gasteiger partial charge in [-0.3, -0.25) is 0 Å². The summed E-state index contributed by atoms with van der Waals surface area (Å²) in [7, 11) is 0. The van der Waals surface area contributed by atoms with Crippen LogP contribution in [0.4, 0.5) is 0 Å². The summed E-state index contributed by atoms with van der Waals surface area (Å²) in [4.78, 5) is 0. The van der Waals surface area contributed by atoms with E-state index in [4.69, 9.17) is 0 Å². The fourth-order valence-electron chi connectivity index (χ4n) is 6.17. The van der Waals surface area contributed by atoms with Gasteiger partial charge in [-0.2, -0.15) is 5.26 Å². The van der Waals surface area contributed by atoms with Gasteiger partial charge >= 0.3 is 0 Å². The Hall–Kier alpha value is -3.77. The number of nitrogens with zero attached hydrogens (tertiary/aromatic N) is 2. The van der Waals surface area contributed by atoms with E-state index in [-0.39, 0.29) is 12.1 Å². The predicted molar refractivity (Wildman–Crippen MR) is 129 cm³/mol. The predicted octanol–water partition coefficient (Wildman–Crippen LogP) is 4.12. The number of rotatable bonds is 0. The van der Waals surface area contributed by atoms with Crippen LogP contribution in [-0.4, -0.2) is 11.3 Å². The highest BCUT2D eigenvalue weighted by molar-refractivity contribution is 6.99. The Bertz CT molecular complexity index is 1630. The summed E-state index contributed by atoms with van der Waals surface area (Å²) in [6, 6.07) is 30.9. The molecule has 144 valence electrons. The van der Waals surface area contributed by atoms with Crippen molar-refractivity contribution in [2.75, 3.05) is 0 Å². The number of nitriles is 1. The third-order valence-electron chi connectivity index (χ3n) is 7.49. The summed E-state index contributed by atoms with van der Waals surface area (Å²) in [6.45, 7) is 4.77. The molecule has 5 aromatic rings. The number of para-hydroxylation sites is 2. The Morgan fingerprint density at radius 2 is 1.61 bits per heavy atom. The molecule has 0 N–H and O–H groups in total. The molecule has 0 saturated heterocycles. The van der Waals surface area contributed by atoms with Crippen molar-refractivity contribution in [1.82, 2.24) is 4.57 Å². The van der Waals surface area contributed by atoms with E-state index in [0.717, 1.165) is 5.56 Å². The molecule has 1 aromatic heterocycles. The van der Waals surface area contributed by atoms with Gasteiger partial charge in [0.2, 0.25) is 6.71 Å².